The fraction of sp³-hybridized carbons (Fsp3) is 0.167. The molecular weight excluding hydrogens is 172 g/mol. The molecule has 0 N–H and O–H groups in total. The van der Waals surface area contributed by atoms with Gasteiger partial charge in [0.05, 0.1) is 11.4 Å². The SMILES string of the molecule is CCc1cccc(-c2ccccn2)n1. The van der Waals surface area contributed by atoms with Gasteiger partial charge in [0.15, 0.2) is 0 Å². The van der Waals surface area contributed by atoms with E-state index >= 15 is 0 Å². The van der Waals surface area contributed by atoms with Gasteiger partial charge in [-0.2, -0.15) is 0 Å². The highest BCUT2D eigenvalue weighted by Crippen LogP contribution is 2.13. The minimum atomic E-state index is 0.933. The van der Waals surface area contributed by atoms with Crippen LogP contribution >= 0.6 is 0 Å². The number of pyridine rings is 2. The highest BCUT2D eigenvalue weighted by atomic mass is 14.8. The zero-order chi connectivity index (χ0) is 9.80. The molecule has 0 bridgehead atoms. The summed E-state index contributed by atoms with van der Waals surface area (Å²) in [6.07, 6.45) is 2.75. The standard InChI is InChI=1S/C12H12N2/c1-2-10-6-5-8-12(14-10)11-7-3-4-9-13-11/h3-9H,2H2,1H3. The molecule has 0 spiro atoms. The number of hydrogen-bond acceptors (Lipinski definition) is 2. The number of rotatable bonds is 2. The van der Waals surface area contributed by atoms with E-state index in [0.29, 0.717) is 0 Å². The number of nitrogens with zero attached hydrogens (tertiary/aromatic N) is 2. The zero-order valence-corrected chi connectivity index (χ0v) is 8.14. The van der Waals surface area contributed by atoms with Crippen LogP contribution in [-0.4, -0.2) is 9.97 Å². The van der Waals surface area contributed by atoms with Crippen LogP contribution in [0.1, 0.15) is 12.6 Å². The first kappa shape index (κ1) is 8.88. The molecule has 2 rings (SSSR count). The molecule has 2 heteroatoms. The molecule has 2 aromatic heterocycles. The average molecular weight is 184 g/mol. The normalized spacial score (nSPS) is 10.1. The molecule has 0 saturated heterocycles. The monoisotopic (exact) mass is 184 g/mol. The van der Waals surface area contributed by atoms with Gasteiger partial charge in [-0.25, -0.2) is 0 Å². The largest absolute Gasteiger partial charge is 0.255 e. The van der Waals surface area contributed by atoms with Crippen molar-refractivity contribution < 1.29 is 0 Å². The van der Waals surface area contributed by atoms with Crippen LogP contribution in [0.15, 0.2) is 42.6 Å². The van der Waals surface area contributed by atoms with Crippen molar-refractivity contribution in [3.63, 3.8) is 0 Å². The minimum absolute atomic E-state index is 0.933. The first-order valence-corrected chi connectivity index (χ1v) is 4.77. The molecule has 0 aromatic carbocycles. The van der Waals surface area contributed by atoms with Crippen LogP contribution in [-0.2, 0) is 6.42 Å². The van der Waals surface area contributed by atoms with Crippen molar-refractivity contribution in [2.75, 3.05) is 0 Å². The molecule has 0 aliphatic carbocycles. The molecule has 0 atom stereocenters. The fourth-order valence-corrected chi connectivity index (χ4v) is 1.33. The number of aromatic nitrogens is 2. The van der Waals surface area contributed by atoms with Crippen LogP contribution in [0.25, 0.3) is 11.4 Å². The Hall–Kier alpha value is -1.70. The third-order valence-corrected chi connectivity index (χ3v) is 2.10. The zero-order valence-electron chi connectivity index (χ0n) is 8.14. The van der Waals surface area contributed by atoms with Gasteiger partial charge in [-0.05, 0) is 30.7 Å². The van der Waals surface area contributed by atoms with Crippen molar-refractivity contribution in [3.8, 4) is 11.4 Å². The van der Waals surface area contributed by atoms with E-state index in [9.17, 15) is 0 Å². The predicted octanol–water partition coefficient (Wildman–Crippen LogP) is 2.71. The Kier molecular flexibility index (Phi) is 2.54. The van der Waals surface area contributed by atoms with E-state index in [0.717, 1.165) is 23.5 Å². The lowest BCUT2D eigenvalue weighted by Gasteiger charge is -2.01. The summed E-state index contributed by atoms with van der Waals surface area (Å²) in [5, 5.41) is 0. The molecule has 0 aliphatic rings. The third kappa shape index (κ3) is 1.79. The van der Waals surface area contributed by atoms with Crippen LogP contribution in [0.4, 0.5) is 0 Å². The van der Waals surface area contributed by atoms with E-state index in [-0.39, 0.29) is 0 Å². The average Bonchev–Trinajstić information content (AvgIpc) is 2.30. The van der Waals surface area contributed by atoms with E-state index in [1.165, 1.54) is 0 Å². The van der Waals surface area contributed by atoms with E-state index in [2.05, 4.69) is 16.9 Å². The van der Waals surface area contributed by atoms with E-state index in [1.54, 1.807) is 6.20 Å². The summed E-state index contributed by atoms with van der Waals surface area (Å²) in [5.74, 6) is 0. The summed E-state index contributed by atoms with van der Waals surface area (Å²) < 4.78 is 0. The Morgan fingerprint density at radius 2 is 1.86 bits per heavy atom. The summed E-state index contributed by atoms with van der Waals surface area (Å²) in [5.41, 5.74) is 2.99. The van der Waals surface area contributed by atoms with Gasteiger partial charge in [0.2, 0.25) is 0 Å². The van der Waals surface area contributed by atoms with Gasteiger partial charge in [-0.15, -0.1) is 0 Å². The van der Waals surface area contributed by atoms with Crippen LogP contribution in [0.3, 0.4) is 0 Å². The molecule has 0 fully saturated rings. The topological polar surface area (TPSA) is 25.8 Å². The van der Waals surface area contributed by atoms with Crippen LogP contribution in [0.2, 0.25) is 0 Å². The van der Waals surface area contributed by atoms with Crippen LogP contribution in [0, 0.1) is 0 Å². The van der Waals surface area contributed by atoms with Crippen LogP contribution in [0.5, 0.6) is 0 Å². The van der Waals surface area contributed by atoms with Crippen molar-refractivity contribution in [1.82, 2.24) is 9.97 Å². The highest BCUT2D eigenvalue weighted by Gasteiger charge is 1.99. The maximum atomic E-state index is 4.50. The first-order valence-electron chi connectivity index (χ1n) is 4.77. The fourth-order valence-electron chi connectivity index (χ4n) is 1.33. The third-order valence-electron chi connectivity index (χ3n) is 2.10. The molecule has 0 saturated carbocycles. The second-order valence-corrected chi connectivity index (χ2v) is 3.08. The Morgan fingerprint density at radius 1 is 1.00 bits per heavy atom. The maximum absolute atomic E-state index is 4.50. The van der Waals surface area contributed by atoms with Crippen LogP contribution < -0.4 is 0 Å². The second-order valence-electron chi connectivity index (χ2n) is 3.08. The van der Waals surface area contributed by atoms with Gasteiger partial charge in [0.1, 0.15) is 0 Å². The van der Waals surface area contributed by atoms with E-state index in [1.807, 2.05) is 36.4 Å². The Morgan fingerprint density at radius 3 is 2.57 bits per heavy atom. The van der Waals surface area contributed by atoms with Crippen molar-refractivity contribution in [2.24, 2.45) is 0 Å². The molecule has 14 heavy (non-hydrogen) atoms. The maximum Gasteiger partial charge on any atom is 0.0889 e. The minimum Gasteiger partial charge on any atom is -0.255 e. The molecule has 0 unspecified atom stereocenters. The predicted molar refractivity (Wildman–Crippen MR) is 56.8 cm³/mol. The highest BCUT2D eigenvalue weighted by molar-refractivity contribution is 5.53. The molecule has 70 valence electrons. The van der Waals surface area contributed by atoms with Crippen molar-refractivity contribution in [2.45, 2.75) is 13.3 Å². The lowest BCUT2D eigenvalue weighted by Crippen LogP contribution is -1.90. The molecular formula is C12H12N2. The summed E-state index contributed by atoms with van der Waals surface area (Å²) in [6.45, 7) is 2.10. The van der Waals surface area contributed by atoms with Gasteiger partial charge in [-0.1, -0.05) is 19.1 Å². The van der Waals surface area contributed by atoms with Gasteiger partial charge in [-0.3, -0.25) is 9.97 Å². The van der Waals surface area contributed by atoms with E-state index in [4.69, 9.17) is 0 Å². The van der Waals surface area contributed by atoms with Gasteiger partial charge in [0.25, 0.3) is 0 Å². The number of hydrogen-bond donors (Lipinski definition) is 0. The van der Waals surface area contributed by atoms with Gasteiger partial charge in [0, 0.05) is 11.9 Å². The summed E-state index contributed by atoms with van der Waals surface area (Å²) in [4.78, 5) is 8.76. The van der Waals surface area contributed by atoms with Gasteiger partial charge >= 0.3 is 0 Å². The Labute approximate surface area is 83.7 Å². The molecule has 0 aliphatic heterocycles. The second kappa shape index (κ2) is 4.01. The molecule has 2 heterocycles. The van der Waals surface area contributed by atoms with Crippen molar-refractivity contribution in [3.05, 3.63) is 48.3 Å². The molecule has 2 aromatic rings. The van der Waals surface area contributed by atoms with Crippen molar-refractivity contribution >= 4 is 0 Å². The Balaban J connectivity index is 2.42. The first-order chi connectivity index (χ1) is 6.90. The molecule has 2 nitrogen and oxygen atoms in total. The summed E-state index contributed by atoms with van der Waals surface area (Å²) >= 11 is 0. The lowest BCUT2D eigenvalue weighted by molar-refractivity contribution is 1.03. The summed E-state index contributed by atoms with van der Waals surface area (Å²) in [6, 6.07) is 11.9. The van der Waals surface area contributed by atoms with Crippen molar-refractivity contribution in [1.29, 1.82) is 0 Å². The number of aryl methyl sites for hydroxylation is 1. The summed E-state index contributed by atoms with van der Waals surface area (Å²) in [7, 11) is 0. The quantitative estimate of drug-likeness (QED) is 0.717. The molecule has 0 radical (unpaired) electrons. The lowest BCUT2D eigenvalue weighted by atomic mass is 10.2. The van der Waals surface area contributed by atoms with E-state index < -0.39 is 0 Å². The smallest absolute Gasteiger partial charge is 0.0889 e. The Bertz CT molecular complexity index is 410. The molecule has 0 amide bonds. The van der Waals surface area contributed by atoms with Gasteiger partial charge < -0.3 is 0 Å².